The number of amides is 3. The molecule has 1 aliphatic heterocycles. The minimum absolute atomic E-state index is 0.108. The zero-order valence-corrected chi connectivity index (χ0v) is 26.1. The maximum absolute atomic E-state index is 13.9. The highest BCUT2D eigenvalue weighted by molar-refractivity contribution is 6.07. The molecule has 0 radical (unpaired) electrons. The number of hydrogen-bond donors (Lipinski definition) is 4. The van der Waals surface area contributed by atoms with Crippen LogP contribution in [0.2, 0.25) is 0 Å². The highest BCUT2D eigenvalue weighted by Crippen LogP contribution is 2.46. The van der Waals surface area contributed by atoms with Gasteiger partial charge in [-0.1, -0.05) is 50.3 Å². The van der Waals surface area contributed by atoms with Crippen LogP contribution in [0.1, 0.15) is 85.2 Å². The molecule has 0 saturated heterocycles. The first kappa shape index (κ1) is 30.4. The summed E-state index contributed by atoms with van der Waals surface area (Å²) in [5, 5.41) is 19.0. The van der Waals surface area contributed by atoms with Crippen LogP contribution in [0.5, 0.6) is 0 Å². The van der Waals surface area contributed by atoms with E-state index in [0.29, 0.717) is 41.3 Å². The van der Waals surface area contributed by atoms with Crippen LogP contribution in [-0.4, -0.2) is 43.9 Å². The summed E-state index contributed by atoms with van der Waals surface area (Å²) in [6.07, 6.45) is 12.6. The van der Waals surface area contributed by atoms with Crippen LogP contribution in [0.15, 0.2) is 66.9 Å². The molecule has 47 heavy (non-hydrogen) atoms. The number of aliphatic carboxylic acids is 1. The van der Waals surface area contributed by atoms with Crippen molar-refractivity contribution >= 4 is 52.0 Å². The third-order valence-electron chi connectivity index (χ3n) is 9.82. The number of benzene rings is 2. The molecule has 2 aromatic heterocycles. The van der Waals surface area contributed by atoms with Gasteiger partial charge in [0.25, 0.3) is 5.91 Å². The Morgan fingerprint density at radius 1 is 0.979 bits per heavy atom. The number of pyridine rings is 1. The van der Waals surface area contributed by atoms with E-state index < -0.39 is 11.5 Å². The number of rotatable bonds is 7. The number of hydrogen-bond acceptors (Lipinski definition) is 5. The molecule has 2 saturated carbocycles. The topological polar surface area (TPSA) is 142 Å². The average molecular weight is 632 g/mol. The summed E-state index contributed by atoms with van der Waals surface area (Å²) >= 11 is 0. The molecule has 3 aliphatic rings. The Morgan fingerprint density at radius 2 is 1.74 bits per heavy atom. The molecule has 0 atom stereocenters. The van der Waals surface area contributed by atoms with Gasteiger partial charge in [-0.05, 0) is 85.2 Å². The summed E-state index contributed by atoms with van der Waals surface area (Å²) in [4.78, 5) is 56.3. The Labute approximate surface area is 272 Å². The molecule has 10 nitrogen and oxygen atoms in total. The van der Waals surface area contributed by atoms with Crippen molar-refractivity contribution in [2.24, 2.45) is 0 Å². The number of nitrogens with zero attached hydrogens (tertiary/aromatic N) is 2. The summed E-state index contributed by atoms with van der Waals surface area (Å²) in [5.74, 6) is -1.48. The van der Waals surface area contributed by atoms with Crippen LogP contribution >= 0.6 is 0 Å². The summed E-state index contributed by atoms with van der Waals surface area (Å²) in [6.45, 7) is 0.108. The molecule has 2 fully saturated rings. The van der Waals surface area contributed by atoms with Gasteiger partial charge in [-0.2, -0.15) is 0 Å². The lowest BCUT2D eigenvalue weighted by atomic mass is 9.82. The number of anilines is 2. The van der Waals surface area contributed by atoms with E-state index in [2.05, 4.69) is 16.0 Å². The fourth-order valence-corrected chi connectivity index (χ4v) is 7.54. The van der Waals surface area contributed by atoms with Gasteiger partial charge in [0.1, 0.15) is 17.8 Å². The number of fused-ring (bicyclic) bond motifs is 5. The molecule has 10 heteroatoms. The molecule has 4 N–H and O–H groups in total. The third kappa shape index (κ3) is 5.91. The van der Waals surface area contributed by atoms with Crippen molar-refractivity contribution in [2.45, 2.75) is 75.8 Å². The van der Waals surface area contributed by atoms with Gasteiger partial charge in [-0.25, -0.2) is 4.79 Å². The molecule has 0 unspecified atom stereocenters. The van der Waals surface area contributed by atoms with Crippen LogP contribution < -0.4 is 16.0 Å². The summed E-state index contributed by atoms with van der Waals surface area (Å²) in [5.41, 5.74) is 4.98. The van der Waals surface area contributed by atoms with Gasteiger partial charge in [0, 0.05) is 28.9 Å². The van der Waals surface area contributed by atoms with Crippen molar-refractivity contribution < 1.29 is 24.3 Å². The lowest BCUT2D eigenvalue weighted by Crippen LogP contribution is -2.55. The second-order valence-electron chi connectivity index (χ2n) is 12.9. The van der Waals surface area contributed by atoms with Crippen LogP contribution in [0, 0.1) is 0 Å². The standard InChI is InChI=1S/C37H37N5O5/c43-30-22-42-29-21-25(13-16-27(29)32(24-7-2-1-3-8-24)34(42)33-28(40-30)9-6-20-38-33)35(46)41-37(18-4-5-19-37)36(47)39-26-14-10-23(11-15-26)12-17-31(44)45/h6,9-17,20-21,24H,1-5,7-8,18-19,22H2,(H,39,47)(H,40,43)(H,41,46)(H,44,45)/b17-12+. The van der Waals surface area contributed by atoms with E-state index in [9.17, 15) is 19.2 Å². The van der Waals surface area contributed by atoms with E-state index >= 15 is 0 Å². The fourth-order valence-electron chi connectivity index (χ4n) is 7.54. The van der Waals surface area contributed by atoms with Crippen LogP contribution in [-0.2, 0) is 20.9 Å². The Hall–Kier alpha value is -5.25. The highest BCUT2D eigenvalue weighted by atomic mass is 16.4. The number of carbonyl (C=O) groups is 4. The second kappa shape index (κ2) is 12.5. The van der Waals surface area contributed by atoms with Crippen molar-refractivity contribution in [2.75, 3.05) is 10.6 Å². The van der Waals surface area contributed by atoms with Crippen LogP contribution in [0.25, 0.3) is 28.4 Å². The lowest BCUT2D eigenvalue weighted by Gasteiger charge is -2.29. The normalized spacial score (nSPS) is 17.5. The molecular weight excluding hydrogens is 594 g/mol. The molecule has 4 aromatic rings. The Morgan fingerprint density at radius 3 is 2.49 bits per heavy atom. The number of nitrogens with one attached hydrogen (secondary N) is 3. The number of carboxylic acid groups (broad SMARTS) is 1. The predicted octanol–water partition coefficient (Wildman–Crippen LogP) is 6.48. The molecular formula is C37H37N5O5. The van der Waals surface area contributed by atoms with Crippen LogP contribution in [0.3, 0.4) is 0 Å². The van der Waals surface area contributed by atoms with E-state index in [1.54, 1.807) is 30.5 Å². The Kier molecular flexibility index (Phi) is 8.09. The molecule has 3 amide bonds. The molecule has 7 rings (SSSR count). The molecule has 2 aromatic carbocycles. The summed E-state index contributed by atoms with van der Waals surface area (Å²) in [7, 11) is 0. The quantitative estimate of drug-likeness (QED) is 0.172. The van der Waals surface area contributed by atoms with Crippen molar-refractivity contribution in [3.8, 4) is 11.4 Å². The second-order valence-corrected chi connectivity index (χ2v) is 12.9. The predicted molar refractivity (Wildman–Crippen MR) is 180 cm³/mol. The SMILES string of the molecule is O=C(O)/C=C/c1ccc(NC(=O)C2(NC(=O)c3ccc4c(C5CCCCC5)c5n(c4c3)CC(=O)Nc3cccnc3-5)CCCC2)cc1. The lowest BCUT2D eigenvalue weighted by molar-refractivity contribution is -0.131. The smallest absolute Gasteiger partial charge is 0.328 e. The minimum atomic E-state index is -1.07. The number of carboxylic acids is 1. The van der Waals surface area contributed by atoms with Gasteiger partial charge in [0.15, 0.2) is 0 Å². The highest BCUT2D eigenvalue weighted by Gasteiger charge is 2.43. The average Bonchev–Trinajstić information content (AvgIpc) is 3.64. The largest absolute Gasteiger partial charge is 0.478 e. The van der Waals surface area contributed by atoms with Gasteiger partial charge >= 0.3 is 5.97 Å². The third-order valence-corrected chi connectivity index (χ3v) is 9.82. The van der Waals surface area contributed by atoms with Gasteiger partial charge in [0.05, 0.1) is 16.9 Å². The molecule has 3 heterocycles. The van der Waals surface area contributed by atoms with Gasteiger partial charge in [-0.3, -0.25) is 19.4 Å². The van der Waals surface area contributed by atoms with Gasteiger partial charge in [-0.15, -0.1) is 0 Å². The summed E-state index contributed by atoms with van der Waals surface area (Å²) < 4.78 is 2.01. The van der Waals surface area contributed by atoms with Crippen LogP contribution in [0.4, 0.5) is 11.4 Å². The van der Waals surface area contributed by atoms with E-state index in [-0.39, 0.29) is 24.3 Å². The maximum atomic E-state index is 13.9. The van der Waals surface area contributed by atoms with E-state index in [0.717, 1.165) is 66.9 Å². The summed E-state index contributed by atoms with van der Waals surface area (Å²) in [6, 6.07) is 16.3. The van der Waals surface area contributed by atoms with E-state index in [4.69, 9.17) is 10.1 Å². The zero-order valence-electron chi connectivity index (χ0n) is 26.1. The van der Waals surface area contributed by atoms with Gasteiger partial charge < -0.3 is 25.6 Å². The van der Waals surface area contributed by atoms with Gasteiger partial charge in [0.2, 0.25) is 11.8 Å². The minimum Gasteiger partial charge on any atom is -0.478 e. The van der Waals surface area contributed by atoms with E-state index in [1.807, 2.05) is 34.9 Å². The van der Waals surface area contributed by atoms with Crippen molar-refractivity contribution in [3.05, 3.63) is 83.6 Å². The van der Waals surface area contributed by atoms with Crippen molar-refractivity contribution in [1.82, 2.24) is 14.9 Å². The van der Waals surface area contributed by atoms with Crippen molar-refractivity contribution in [3.63, 3.8) is 0 Å². The first-order valence-electron chi connectivity index (χ1n) is 16.4. The molecule has 240 valence electrons. The fraction of sp³-hybridized carbons (Fsp3) is 0.324. The first-order valence-corrected chi connectivity index (χ1v) is 16.4. The Balaban J connectivity index is 1.21. The number of aromatic nitrogens is 2. The number of carbonyl (C=O) groups excluding carboxylic acids is 3. The van der Waals surface area contributed by atoms with E-state index in [1.165, 1.54) is 18.1 Å². The first-order chi connectivity index (χ1) is 22.8. The Bertz CT molecular complexity index is 1910. The molecule has 2 aliphatic carbocycles. The monoisotopic (exact) mass is 631 g/mol. The van der Waals surface area contributed by atoms with Crippen molar-refractivity contribution in [1.29, 1.82) is 0 Å². The molecule has 0 spiro atoms. The zero-order chi connectivity index (χ0) is 32.5. The molecule has 0 bridgehead atoms. The maximum Gasteiger partial charge on any atom is 0.328 e.